The monoisotopic (exact) mass is 316 g/mol. The number of rotatable bonds is 6. The minimum Gasteiger partial charge on any atom is -0.494 e. The number of ether oxygens (including phenoxy) is 1. The highest BCUT2D eigenvalue weighted by molar-refractivity contribution is 5.79. The second-order valence-corrected chi connectivity index (χ2v) is 5.11. The highest BCUT2D eigenvalue weighted by Gasteiger charge is 2.06. The van der Waals surface area contributed by atoms with Crippen molar-refractivity contribution in [3.8, 4) is 5.75 Å². The summed E-state index contributed by atoms with van der Waals surface area (Å²) < 4.78 is 11.0. The fourth-order valence-corrected chi connectivity index (χ4v) is 2.09. The molecular formula is C17H24N4O2. The van der Waals surface area contributed by atoms with E-state index in [1.807, 2.05) is 45.0 Å². The Hall–Kier alpha value is -2.50. The highest BCUT2D eigenvalue weighted by atomic mass is 16.5. The molecule has 0 spiro atoms. The third kappa shape index (κ3) is 5.02. The van der Waals surface area contributed by atoms with E-state index in [0.29, 0.717) is 31.5 Å². The predicted molar refractivity (Wildman–Crippen MR) is 90.6 cm³/mol. The number of aromatic nitrogens is 1. The molecule has 0 radical (unpaired) electrons. The van der Waals surface area contributed by atoms with E-state index in [4.69, 9.17) is 9.15 Å². The molecular weight excluding hydrogens is 292 g/mol. The van der Waals surface area contributed by atoms with E-state index in [1.54, 1.807) is 7.05 Å². The number of hydrogen-bond acceptors (Lipinski definition) is 4. The predicted octanol–water partition coefficient (Wildman–Crippen LogP) is 2.56. The van der Waals surface area contributed by atoms with Gasteiger partial charge in [0.05, 0.1) is 18.8 Å². The molecule has 6 nitrogen and oxygen atoms in total. The number of guanidine groups is 1. The molecule has 0 saturated heterocycles. The van der Waals surface area contributed by atoms with Crippen molar-refractivity contribution in [1.82, 2.24) is 15.6 Å². The Labute approximate surface area is 137 Å². The number of nitrogens with zero attached hydrogens (tertiary/aromatic N) is 2. The molecule has 0 aliphatic carbocycles. The van der Waals surface area contributed by atoms with Gasteiger partial charge in [-0.05, 0) is 38.5 Å². The molecule has 0 atom stereocenters. The SMILES string of the molecule is CCOc1cccc(CNC(=NC)NCc2nc(C)c(C)o2)c1. The lowest BCUT2D eigenvalue weighted by atomic mass is 10.2. The normalized spacial score (nSPS) is 11.4. The molecule has 2 rings (SSSR count). The van der Waals surface area contributed by atoms with Gasteiger partial charge in [0, 0.05) is 13.6 Å². The summed E-state index contributed by atoms with van der Waals surface area (Å²) >= 11 is 0. The van der Waals surface area contributed by atoms with Gasteiger partial charge in [-0.3, -0.25) is 4.99 Å². The van der Waals surface area contributed by atoms with Gasteiger partial charge in [0.1, 0.15) is 11.5 Å². The number of hydrogen-bond donors (Lipinski definition) is 2. The van der Waals surface area contributed by atoms with Crippen LogP contribution >= 0.6 is 0 Å². The molecule has 2 aromatic rings. The molecule has 0 amide bonds. The van der Waals surface area contributed by atoms with Crippen LogP contribution in [-0.2, 0) is 13.1 Å². The lowest BCUT2D eigenvalue weighted by Crippen LogP contribution is -2.36. The summed E-state index contributed by atoms with van der Waals surface area (Å²) in [6, 6.07) is 8.00. The zero-order chi connectivity index (χ0) is 16.7. The molecule has 0 saturated carbocycles. The smallest absolute Gasteiger partial charge is 0.214 e. The number of benzene rings is 1. The number of aryl methyl sites for hydroxylation is 2. The summed E-state index contributed by atoms with van der Waals surface area (Å²) in [5.74, 6) is 3.07. The van der Waals surface area contributed by atoms with Crippen LogP contribution in [0.2, 0.25) is 0 Å². The van der Waals surface area contributed by atoms with E-state index in [-0.39, 0.29) is 0 Å². The fourth-order valence-electron chi connectivity index (χ4n) is 2.09. The molecule has 0 fully saturated rings. The number of oxazole rings is 1. The van der Waals surface area contributed by atoms with Crippen LogP contribution < -0.4 is 15.4 Å². The van der Waals surface area contributed by atoms with Gasteiger partial charge in [-0.2, -0.15) is 0 Å². The summed E-state index contributed by atoms with van der Waals surface area (Å²) in [6.07, 6.45) is 0. The standard InChI is InChI=1S/C17H24N4O2/c1-5-22-15-8-6-7-14(9-15)10-19-17(18-4)20-11-16-21-12(2)13(3)23-16/h6-9H,5,10-11H2,1-4H3,(H2,18,19,20). The minimum atomic E-state index is 0.493. The highest BCUT2D eigenvalue weighted by Crippen LogP contribution is 2.13. The molecule has 6 heteroatoms. The largest absolute Gasteiger partial charge is 0.494 e. The van der Waals surface area contributed by atoms with Crippen LogP contribution in [0.1, 0.15) is 29.8 Å². The first-order chi connectivity index (χ1) is 11.1. The molecule has 0 aliphatic heterocycles. The van der Waals surface area contributed by atoms with Gasteiger partial charge < -0.3 is 19.8 Å². The lowest BCUT2D eigenvalue weighted by molar-refractivity contribution is 0.340. The van der Waals surface area contributed by atoms with E-state index < -0.39 is 0 Å². The van der Waals surface area contributed by atoms with Crippen LogP contribution in [0, 0.1) is 13.8 Å². The third-order valence-electron chi connectivity index (χ3n) is 3.37. The Morgan fingerprint density at radius 2 is 2.04 bits per heavy atom. The topological polar surface area (TPSA) is 71.7 Å². The summed E-state index contributed by atoms with van der Waals surface area (Å²) in [5, 5.41) is 6.45. The Balaban J connectivity index is 1.86. The quantitative estimate of drug-likeness (QED) is 0.633. The first kappa shape index (κ1) is 16.9. The first-order valence-electron chi connectivity index (χ1n) is 7.71. The van der Waals surface area contributed by atoms with E-state index in [2.05, 4.69) is 20.6 Å². The molecule has 1 aromatic heterocycles. The zero-order valence-corrected chi connectivity index (χ0v) is 14.1. The van der Waals surface area contributed by atoms with Gasteiger partial charge in [0.25, 0.3) is 0 Å². The van der Waals surface area contributed by atoms with Gasteiger partial charge in [0.2, 0.25) is 5.89 Å². The summed E-state index contributed by atoms with van der Waals surface area (Å²) in [6.45, 7) is 7.63. The van der Waals surface area contributed by atoms with Crippen LogP contribution in [0.3, 0.4) is 0 Å². The Morgan fingerprint density at radius 3 is 2.70 bits per heavy atom. The second kappa shape index (κ2) is 8.22. The fraction of sp³-hybridized carbons (Fsp3) is 0.412. The molecule has 124 valence electrons. The maximum atomic E-state index is 5.54. The van der Waals surface area contributed by atoms with Gasteiger partial charge in [-0.25, -0.2) is 4.98 Å². The van der Waals surface area contributed by atoms with Crippen molar-refractivity contribution < 1.29 is 9.15 Å². The van der Waals surface area contributed by atoms with Gasteiger partial charge in [-0.15, -0.1) is 0 Å². The van der Waals surface area contributed by atoms with Crippen LogP contribution in [0.25, 0.3) is 0 Å². The molecule has 23 heavy (non-hydrogen) atoms. The van der Waals surface area contributed by atoms with E-state index in [0.717, 1.165) is 22.8 Å². The molecule has 1 heterocycles. The number of nitrogens with one attached hydrogen (secondary N) is 2. The van der Waals surface area contributed by atoms with Crippen molar-refractivity contribution >= 4 is 5.96 Å². The Morgan fingerprint density at radius 1 is 1.26 bits per heavy atom. The summed E-state index contributed by atoms with van der Waals surface area (Å²) in [5.41, 5.74) is 2.04. The molecule has 1 aromatic carbocycles. The summed E-state index contributed by atoms with van der Waals surface area (Å²) in [4.78, 5) is 8.54. The summed E-state index contributed by atoms with van der Waals surface area (Å²) in [7, 11) is 1.73. The van der Waals surface area contributed by atoms with Crippen LogP contribution in [0.5, 0.6) is 5.75 Å². The van der Waals surface area contributed by atoms with Crippen molar-refractivity contribution in [2.45, 2.75) is 33.9 Å². The van der Waals surface area contributed by atoms with Crippen molar-refractivity contribution in [1.29, 1.82) is 0 Å². The lowest BCUT2D eigenvalue weighted by Gasteiger charge is -2.11. The van der Waals surface area contributed by atoms with Gasteiger partial charge >= 0.3 is 0 Å². The zero-order valence-electron chi connectivity index (χ0n) is 14.1. The van der Waals surface area contributed by atoms with E-state index in [1.165, 1.54) is 0 Å². The first-order valence-corrected chi connectivity index (χ1v) is 7.71. The van der Waals surface area contributed by atoms with Gasteiger partial charge in [0.15, 0.2) is 5.96 Å². The van der Waals surface area contributed by atoms with E-state index in [9.17, 15) is 0 Å². The molecule has 0 unspecified atom stereocenters. The Bertz CT molecular complexity index is 645. The maximum absolute atomic E-state index is 5.54. The van der Waals surface area contributed by atoms with Crippen molar-refractivity contribution in [3.05, 3.63) is 47.2 Å². The van der Waals surface area contributed by atoms with Crippen molar-refractivity contribution in [2.24, 2.45) is 4.99 Å². The van der Waals surface area contributed by atoms with Crippen LogP contribution in [0.15, 0.2) is 33.7 Å². The second-order valence-electron chi connectivity index (χ2n) is 5.11. The Kier molecular flexibility index (Phi) is 6.02. The van der Waals surface area contributed by atoms with Gasteiger partial charge in [-0.1, -0.05) is 12.1 Å². The van der Waals surface area contributed by atoms with E-state index >= 15 is 0 Å². The van der Waals surface area contributed by atoms with Crippen LogP contribution in [0.4, 0.5) is 0 Å². The van der Waals surface area contributed by atoms with Crippen molar-refractivity contribution in [3.63, 3.8) is 0 Å². The van der Waals surface area contributed by atoms with Crippen molar-refractivity contribution in [2.75, 3.05) is 13.7 Å². The maximum Gasteiger partial charge on any atom is 0.214 e. The third-order valence-corrected chi connectivity index (χ3v) is 3.37. The van der Waals surface area contributed by atoms with Crippen LogP contribution in [-0.4, -0.2) is 24.6 Å². The minimum absolute atomic E-state index is 0.493. The molecule has 0 bridgehead atoms. The molecule has 2 N–H and O–H groups in total. The average Bonchev–Trinajstić information content (AvgIpc) is 2.87. The molecule has 0 aliphatic rings. The number of aliphatic imine (C=N–C) groups is 1. The average molecular weight is 316 g/mol.